The van der Waals surface area contributed by atoms with Gasteiger partial charge in [0.15, 0.2) is 0 Å². The van der Waals surface area contributed by atoms with Gasteiger partial charge in [0.2, 0.25) is 0 Å². The summed E-state index contributed by atoms with van der Waals surface area (Å²) >= 11 is 1.75. The predicted octanol–water partition coefficient (Wildman–Crippen LogP) is 4.68. The molecule has 5 rings (SSSR count). The average molecular weight is 360 g/mol. The van der Waals surface area contributed by atoms with Gasteiger partial charge < -0.3 is 9.67 Å². The number of para-hydroxylation sites is 2. The van der Waals surface area contributed by atoms with Crippen LogP contribution < -0.4 is 0 Å². The summed E-state index contributed by atoms with van der Waals surface area (Å²) in [4.78, 5) is 1.30. The van der Waals surface area contributed by atoms with E-state index in [-0.39, 0.29) is 0 Å². The predicted molar refractivity (Wildman–Crippen MR) is 108 cm³/mol. The lowest BCUT2D eigenvalue weighted by Gasteiger charge is -2.19. The molecule has 3 aromatic carbocycles. The van der Waals surface area contributed by atoms with Crippen molar-refractivity contribution in [2.75, 3.05) is 6.54 Å². The quantitative estimate of drug-likeness (QED) is 0.536. The van der Waals surface area contributed by atoms with E-state index in [1.54, 1.807) is 11.9 Å². The highest BCUT2D eigenvalue weighted by atomic mass is 32.2. The monoisotopic (exact) mass is 360 g/mol. The van der Waals surface area contributed by atoms with Crippen LogP contribution in [-0.2, 0) is 13.1 Å². The second-order valence-electron chi connectivity index (χ2n) is 6.82. The number of hydrogen-bond donors (Lipinski definition) is 1. The number of nitrogens with zero attached hydrogens (tertiary/aromatic N) is 2. The molecule has 0 fully saturated rings. The summed E-state index contributed by atoms with van der Waals surface area (Å²) in [5.41, 5.74) is 3.72. The minimum Gasteiger partial charge on any atom is -0.390 e. The Hall–Kier alpha value is -2.27. The molecule has 2 heterocycles. The summed E-state index contributed by atoms with van der Waals surface area (Å²) in [6, 6.07) is 25.4. The van der Waals surface area contributed by atoms with Crippen molar-refractivity contribution in [2.45, 2.75) is 24.1 Å². The Morgan fingerprint density at radius 3 is 2.12 bits per heavy atom. The summed E-state index contributed by atoms with van der Waals surface area (Å²) in [5.74, 6) is 0. The van der Waals surface area contributed by atoms with Gasteiger partial charge in [-0.25, -0.2) is 4.31 Å². The third-order valence-electron chi connectivity index (χ3n) is 5.03. The highest BCUT2D eigenvalue weighted by Crippen LogP contribution is 2.36. The first-order valence-electron chi connectivity index (χ1n) is 8.94. The van der Waals surface area contributed by atoms with E-state index in [1.165, 1.54) is 32.3 Å². The lowest BCUT2D eigenvalue weighted by atomic mass is 10.2. The fraction of sp³-hybridized carbons (Fsp3) is 0.182. The smallest absolute Gasteiger partial charge is 0.0855 e. The maximum absolute atomic E-state index is 10.8. The SMILES string of the molecule is OC(CN1Cc2ccccc2S1)Cn1c2ccccc2c2ccccc21. The van der Waals surface area contributed by atoms with Crippen LogP contribution in [0.2, 0.25) is 0 Å². The first kappa shape index (κ1) is 15.9. The molecule has 1 N–H and O–H groups in total. The van der Waals surface area contributed by atoms with Crippen LogP contribution in [0, 0.1) is 0 Å². The molecular weight excluding hydrogens is 340 g/mol. The number of aliphatic hydroxyl groups is 1. The molecule has 26 heavy (non-hydrogen) atoms. The molecule has 130 valence electrons. The van der Waals surface area contributed by atoms with Gasteiger partial charge in [0.05, 0.1) is 12.6 Å². The van der Waals surface area contributed by atoms with E-state index in [4.69, 9.17) is 0 Å². The van der Waals surface area contributed by atoms with Gasteiger partial charge in [0.25, 0.3) is 0 Å². The van der Waals surface area contributed by atoms with Crippen molar-refractivity contribution in [1.82, 2.24) is 8.87 Å². The first-order valence-corrected chi connectivity index (χ1v) is 9.72. The van der Waals surface area contributed by atoms with Gasteiger partial charge in [0.1, 0.15) is 0 Å². The van der Waals surface area contributed by atoms with Gasteiger partial charge >= 0.3 is 0 Å². The van der Waals surface area contributed by atoms with E-state index in [9.17, 15) is 5.11 Å². The second kappa shape index (κ2) is 6.47. The Balaban J connectivity index is 1.41. The normalized spacial score (nSPS) is 15.6. The molecule has 1 atom stereocenters. The number of fused-ring (bicyclic) bond motifs is 4. The van der Waals surface area contributed by atoms with Crippen LogP contribution in [-0.4, -0.2) is 26.6 Å². The van der Waals surface area contributed by atoms with Crippen molar-refractivity contribution in [3.63, 3.8) is 0 Å². The van der Waals surface area contributed by atoms with Crippen molar-refractivity contribution in [3.8, 4) is 0 Å². The molecule has 3 nitrogen and oxygen atoms in total. The fourth-order valence-electron chi connectivity index (χ4n) is 3.89. The molecule has 0 spiro atoms. The lowest BCUT2D eigenvalue weighted by molar-refractivity contribution is 0.133. The third-order valence-corrected chi connectivity index (χ3v) is 6.17. The van der Waals surface area contributed by atoms with Gasteiger partial charge in [-0.15, -0.1) is 0 Å². The molecule has 1 aliphatic rings. The van der Waals surface area contributed by atoms with Crippen LogP contribution in [0.15, 0.2) is 77.7 Å². The molecule has 0 amide bonds. The van der Waals surface area contributed by atoms with Crippen LogP contribution in [0.25, 0.3) is 21.8 Å². The topological polar surface area (TPSA) is 28.4 Å². The zero-order valence-electron chi connectivity index (χ0n) is 14.4. The summed E-state index contributed by atoms with van der Waals surface area (Å²) in [5, 5.41) is 13.3. The minimum absolute atomic E-state index is 0.420. The molecule has 1 unspecified atom stereocenters. The van der Waals surface area contributed by atoms with Crippen molar-refractivity contribution >= 4 is 33.8 Å². The molecule has 4 aromatic rings. The molecule has 0 radical (unpaired) electrons. The number of benzene rings is 3. The van der Waals surface area contributed by atoms with E-state index in [2.05, 4.69) is 81.7 Å². The Morgan fingerprint density at radius 2 is 1.42 bits per heavy atom. The molecule has 1 aliphatic heterocycles. The number of aromatic nitrogens is 1. The Morgan fingerprint density at radius 1 is 0.808 bits per heavy atom. The van der Waals surface area contributed by atoms with E-state index in [0.717, 1.165) is 6.54 Å². The van der Waals surface area contributed by atoms with E-state index in [0.29, 0.717) is 13.1 Å². The van der Waals surface area contributed by atoms with Crippen LogP contribution in [0.1, 0.15) is 5.56 Å². The number of hydrogen-bond acceptors (Lipinski definition) is 3. The van der Waals surface area contributed by atoms with Gasteiger partial charge in [-0.05, 0) is 35.7 Å². The van der Waals surface area contributed by atoms with Crippen LogP contribution in [0.5, 0.6) is 0 Å². The Kier molecular flexibility index (Phi) is 3.97. The molecule has 0 aliphatic carbocycles. The van der Waals surface area contributed by atoms with Crippen LogP contribution >= 0.6 is 11.9 Å². The van der Waals surface area contributed by atoms with E-state index >= 15 is 0 Å². The van der Waals surface area contributed by atoms with Crippen LogP contribution in [0.4, 0.5) is 0 Å². The lowest BCUT2D eigenvalue weighted by Crippen LogP contribution is -2.28. The standard InChI is InChI=1S/C22H20N2OS/c25-17(14-23-13-16-7-1-6-12-22(16)26-23)15-24-20-10-4-2-8-18(20)19-9-3-5-11-21(19)24/h1-12,17,25H,13-15H2. The van der Waals surface area contributed by atoms with E-state index < -0.39 is 6.10 Å². The zero-order valence-corrected chi connectivity index (χ0v) is 15.2. The maximum atomic E-state index is 10.8. The second-order valence-corrected chi connectivity index (χ2v) is 7.96. The third kappa shape index (κ3) is 2.71. The zero-order chi connectivity index (χ0) is 17.5. The highest BCUT2D eigenvalue weighted by molar-refractivity contribution is 7.97. The van der Waals surface area contributed by atoms with E-state index in [1.807, 2.05) is 0 Å². The van der Waals surface area contributed by atoms with Gasteiger partial charge in [-0.1, -0.05) is 54.6 Å². The first-order chi connectivity index (χ1) is 12.8. The molecular formula is C22H20N2OS. The molecule has 1 aromatic heterocycles. The van der Waals surface area contributed by atoms with Crippen molar-refractivity contribution in [2.24, 2.45) is 0 Å². The van der Waals surface area contributed by atoms with Crippen molar-refractivity contribution in [3.05, 3.63) is 78.4 Å². The summed E-state index contributed by atoms with van der Waals surface area (Å²) in [7, 11) is 0. The van der Waals surface area contributed by atoms with Gasteiger partial charge in [0, 0.05) is 39.8 Å². The Bertz CT molecular complexity index is 1010. The number of β-amino-alcohol motifs (C(OH)–C–C–N with tert-alkyl or cyclic N) is 1. The summed E-state index contributed by atoms with van der Waals surface area (Å²) in [6.45, 7) is 2.15. The molecule has 4 heteroatoms. The molecule has 0 saturated heterocycles. The maximum Gasteiger partial charge on any atom is 0.0855 e. The van der Waals surface area contributed by atoms with Crippen molar-refractivity contribution < 1.29 is 5.11 Å². The molecule has 0 bridgehead atoms. The van der Waals surface area contributed by atoms with Crippen LogP contribution in [0.3, 0.4) is 0 Å². The van der Waals surface area contributed by atoms with Gasteiger partial charge in [-0.3, -0.25) is 0 Å². The van der Waals surface area contributed by atoms with Gasteiger partial charge in [-0.2, -0.15) is 0 Å². The largest absolute Gasteiger partial charge is 0.390 e. The summed E-state index contributed by atoms with van der Waals surface area (Å²) in [6.07, 6.45) is -0.420. The minimum atomic E-state index is -0.420. The molecule has 0 saturated carbocycles. The number of aliphatic hydroxyl groups excluding tert-OH is 1. The highest BCUT2D eigenvalue weighted by Gasteiger charge is 2.22. The van der Waals surface area contributed by atoms with Crippen molar-refractivity contribution in [1.29, 1.82) is 0 Å². The fourth-order valence-corrected chi connectivity index (χ4v) is 5.01. The summed E-state index contributed by atoms with van der Waals surface area (Å²) < 4.78 is 4.51. The Labute approximate surface area is 157 Å². The number of rotatable bonds is 4. The average Bonchev–Trinajstić information content (AvgIpc) is 3.21.